The van der Waals surface area contributed by atoms with Crippen LogP contribution in [0.4, 0.5) is 5.69 Å². The molecule has 1 spiro atoms. The smallest absolute Gasteiger partial charge is 0.324 e. The maximum atomic E-state index is 15.4. The molecule has 11 heterocycles. The molecule has 19 heteroatoms. The first-order valence-electron chi connectivity index (χ1n) is 29.1. The normalized spacial score (nSPS) is 30.0. The molecule has 8 bridgehead atoms. The minimum atomic E-state index is -1.03. The third-order valence-corrected chi connectivity index (χ3v) is 19.8. The highest BCUT2D eigenvalue weighted by Gasteiger charge is 2.62. The number of piperazine rings is 1. The van der Waals surface area contributed by atoms with Crippen molar-refractivity contribution in [1.29, 1.82) is 0 Å². The van der Waals surface area contributed by atoms with Gasteiger partial charge in [0.05, 0.1) is 73.1 Å². The number of ether oxygens (including phenoxy) is 6. The van der Waals surface area contributed by atoms with Crippen molar-refractivity contribution in [1.82, 2.24) is 40.1 Å². The van der Waals surface area contributed by atoms with E-state index in [0.29, 0.717) is 97.2 Å². The molecule has 2 amide bonds. The molecule has 0 radical (unpaired) electrons. The summed E-state index contributed by atoms with van der Waals surface area (Å²) < 4.78 is 39.7. The summed E-state index contributed by atoms with van der Waals surface area (Å²) >= 11 is 1.52. The van der Waals surface area contributed by atoms with Crippen LogP contribution in [0.15, 0.2) is 35.8 Å². The Morgan fingerprint density at radius 2 is 1.78 bits per heavy atom. The average Bonchev–Trinajstić information content (AvgIpc) is 3.91. The van der Waals surface area contributed by atoms with Crippen LogP contribution in [0.5, 0.6) is 0 Å². The summed E-state index contributed by atoms with van der Waals surface area (Å²) in [5.74, 6) is -0.671. The first kappa shape index (κ1) is 52.8. The predicted molar refractivity (Wildman–Crippen MR) is 295 cm³/mol. The first-order valence-corrected chi connectivity index (χ1v) is 30.0. The molecule has 78 heavy (non-hydrogen) atoms. The van der Waals surface area contributed by atoms with Gasteiger partial charge in [0.15, 0.2) is 0 Å². The Morgan fingerprint density at radius 1 is 0.974 bits per heavy atom. The van der Waals surface area contributed by atoms with E-state index in [1.165, 1.54) is 24.2 Å². The summed E-state index contributed by atoms with van der Waals surface area (Å²) in [4.78, 5) is 62.8. The van der Waals surface area contributed by atoms with Gasteiger partial charge in [0.2, 0.25) is 0 Å². The highest BCUT2D eigenvalue weighted by molar-refractivity contribution is 7.10. The van der Waals surface area contributed by atoms with E-state index in [0.717, 1.165) is 107 Å². The summed E-state index contributed by atoms with van der Waals surface area (Å²) in [6.07, 6.45) is 9.98. The fourth-order valence-electron chi connectivity index (χ4n) is 14.1. The number of aromatic nitrogens is 3. The second-order valence-electron chi connectivity index (χ2n) is 25.1. The van der Waals surface area contributed by atoms with Crippen molar-refractivity contribution in [2.45, 2.75) is 147 Å². The second kappa shape index (κ2) is 21.1. The van der Waals surface area contributed by atoms with Crippen molar-refractivity contribution in [3.05, 3.63) is 52.1 Å². The number of pyridine rings is 1. The van der Waals surface area contributed by atoms with Crippen molar-refractivity contribution in [3.63, 3.8) is 0 Å². The van der Waals surface area contributed by atoms with Crippen LogP contribution in [0.25, 0.3) is 33.4 Å². The lowest BCUT2D eigenvalue weighted by molar-refractivity contribution is -0.158. The van der Waals surface area contributed by atoms with E-state index in [9.17, 15) is 9.59 Å². The Bertz CT molecular complexity index is 2890. The molecule has 3 aromatic heterocycles. The van der Waals surface area contributed by atoms with Crippen molar-refractivity contribution >= 4 is 45.7 Å². The molecule has 10 aliphatic rings. The molecule has 4 aromatic rings. The van der Waals surface area contributed by atoms with Crippen LogP contribution >= 0.6 is 11.3 Å². The van der Waals surface area contributed by atoms with Crippen LogP contribution < -0.4 is 15.6 Å². The molecule has 9 fully saturated rings. The number of amides is 2. The number of nitrogens with zero attached hydrogens (tertiary/aromatic N) is 7. The zero-order chi connectivity index (χ0) is 53.5. The topological polar surface area (TPSA) is 174 Å². The lowest BCUT2D eigenvalue weighted by Gasteiger charge is -2.52. The zero-order valence-corrected chi connectivity index (χ0v) is 47.1. The maximum Gasteiger partial charge on any atom is 0.324 e. The highest BCUT2D eigenvalue weighted by atomic mass is 32.1. The number of esters is 1. The van der Waals surface area contributed by atoms with Crippen LogP contribution in [0.1, 0.15) is 114 Å². The largest absolute Gasteiger partial charge is 0.464 e. The summed E-state index contributed by atoms with van der Waals surface area (Å²) in [7, 11) is 1.75. The Hall–Kier alpha value is -4.57. The van der Waals surface area contributed by atoms with Gasteiger partial charge in [-0.15, -0.1) is 11.3 Å². The summed E-state index contributed by atoms with van der Waals surface area (Å²) in [6, 6.07) is 7.33. The maximum absolute atomic E-state index is 15.4. The van der Waals surface area contributed by atoms with Crippen LogP contribution in [-0.4, -0.2) is 176 Å². The van der Waals surface area contributed by atoms with E-state index >= 15 is 4.79 Å². The first-order chi connectivity index (χ1) is 37.8. The van der Waals surface area contributed by atoms with Crippen LogP contribution in [-0.2, 0) is 55.8 Å². The number of rotatable bonds is 12. The lowest BCUT2D eigenvalue weighted by atomic mass is 9.72. The predicted octanol–water partition coefficient (Wildman–Crippen LogP) is 6.45. The number of hydrogen-bond acceptors (Lipinski definition) is 16. The number of likely N-dealkylation sites (tertiary alicyclic amines) is 1. The number of thiazole rings is 1. The molecule has 5 atom stereocenters. The minimum Gasteiger partial charge on any atom is -0.464 e. The van der Waals surface area contributed by atoms with E-state index in [1.54, 1.807) is 12.1 Å². The summed E-state index contributed by atoms with van der Waals surface area (Å²) in [5, 5.41) is 8.77. The number of carbonyl (C=O) groups excluding carboxylic acids is 3. The van der Waals surface area contributed by atoms with E-state index in [2.05, 4.69) is 80.4 Å². The molecule has 18 nitrogen and oxygen atoms in total. The number of carbonyl (C=O) groups is 3. The fourth-order valence-corrected chi connectivity index (χ4v) is 15.1. The second-order valence-corrected chi connectivity index (χ2v) is 26.0. The summed E-state index contributed by atoms with van der Waals surface area (Å²) in [6.45, 7) is 18.1. The van der Waals surface area contributed by atoms with Gasteiger partial charge in [0, 0.05) is 124 Å². The standard InChI is InChI=1S/C59H79N9O9S/c1-36-39-27-59(28-39,77-36)56(71)62-50-52(66-32-58(33-66)14-23-74-35-58)53-61-47(31-78-53)38-8-11-48-43(25-38)45(29-57(3,4)34-76-55(70)46-7-6-15-68(63-46)54(50)69)51(67(48)20-24-75-42-12-21-73-22-13-42)44-26-41(30-60-49(44)37(2)72-5)65-18-16-64(17-19-65)40-9-10-40/h8,11,25-26,30-31,36-37,39-40,42,46,50,52,63H,6-7,9-10,12-24,27-29,32-35H2,1-5H3,(H,62,71)/t36-,37+,39?,46+,50+,52+,59?/m1/s1. The van der Waals surface area contributed by atoms with Crippen LogP contribution in [0, 0.1) is 16.7 Å². The molecule has 8 aliphatic heterocycles. The molecule has 1 aromatic carbocycles. The van der Waals surface area contributed by atoms with Crippen molar-refractivity contribution in [3.8, 4) is 22.5 Å². The monoisotopic (exact) mass is 1090 g/mol. The number of hydrogen-bond donors (Lipinski definition) is 2. The number of cyclic esters (lactones) is 1. The van der Waals surface area contributed by atoms with Crippen LogP contribution in [0.2, 0.25) is 0 Å². The van der Waals surface area contributed by atoms with Gasteiger partial charge >= 0.3 is 5.97 Å². The number of methoxy groups -OCH3 is 1. The Morgan fingerprint density at radius 3 is 2.51 bits per heavy atom. The molecule has 14 rings (SSSR count). The van der Waals surface area contributed by atoms with Gasteiger partial charge in [-0.1, -0.05) is 19.9 Å². The fraction of sp³-hybridized carbons (Fsp3) is 0.678. The van der Waals surface area contributed by atoms with Gasteiger partial charge in [0.1, 0.15) is 22.7 Å². The van der Waals surface area contributed by atoms with E-state index in [-0.39, 0.29) is 42.1 Å². The number of hydrazine groups is 1. The summed E-state index contributed by atoms with van der Waals surface area (Å²) in [5.41, 5.74) is 9.69. The number of anilines is 1. The van der Waals surface area contributed by atoms with Gasteiger partial charge in [-0.3, -0.25) is 34.2 Å². The zero-order valence-electron chi connectivity index (χ0n) is 46.3. The van der Waals surface area contributed by atoms with Crippen molar-refractivity contribution in [2.75, 3.05) is 97.5 Å². The van der Waals surface area contributed by atoms with E-state index in [4.69, 9.17) is 38.4 Å². The Balaban J connectivity index is 0.950. The lowest BCUT2D eigenvalue weighted by Crippen LogP contribution is -2.67. The molecular weight excluding hydrogens is 1010 g/mol. The Kier molecular flexibility index (Phi) is 14.3. The average molecular weight is 1090 g/mol. The molecule has 420 valence electrons. The van der Waals surface area contributed by atoms with Gasteiger partial charge in [-0.2, -0.15) is 0 Å². The molecule has 7 saturated heterocycles. The number of benzene rings is 1. The highest BCUT2D eigenvalue weighted by Crippen LogP contribution is 2.53. The molecule has 2 N–H and O–H groups in total. The third-order valence-electron chi connectivity index (χ3n) is 18.9. The van der Waals surface area contributed by atoms with Gasteiger partial charge in [-0.05, 0) is 108 Å². The quantitative estimate of drug-likeness (QED) is 0.148. The molecule has 2 saturated carbocycles. The van der Waals surface area contributed by atoms with Crippen molar-refractivity contribution in [2.24, 2.45) is 16.7 Å². The van der Waals surface area contributed by atoms with Gasteiger partial charge < -0.3 is 43.2 Å². The van der Waals surface area contributed by atoms with Crippen LogP contribution in [0.3, 0.4) is 0 Å². The molecular formula is C59H79N9O9S. The minimum absolute atomic E-state index is 0.0251. The number of fused-ring (bicyclic) bond motifs is 7. The third kappa shape index (κ3) is 9.98. The molecule has 2 aliphatic carbocycles. The SMILES string of the molecule is CO[C@@H](C)c1ncc(N2CCN(C3CC3)CC2)cc1-c1c2c3cc(ccc3n1CCOC1CCOCC1)-c1csc(n1)[C@@H](N1CC3(CCOC3)C1)[C@H](NC(=O)C13CC(C1)[C@@H](C)O3)C(=O)N1CCC[C@H](N1)C(=O)OCC(C)(C)C2. The van der Waals surface area contributed by atoms with Gasteiger partial charge in [0.25, 0.3) is 11.8 Å². The molecule has 0 unspecified atom stereocenters. The Labute approximate surface area is 462 Å². The van der Waals surface area contributed by atoms with Crippen molar-refractivity contribution < 1.29 is 42.8 Å². The van der Waals surface area contributed by atoms with E-state index < -0.39 is 35.1 Å². The van der Waals surface area contributed by atoms with E-state index in [1.807, 2.05) is 13.1 Å². The number of nitrogens with one attached hydrogen (secondary N) is 2. The van der Waals surface area contributed by atoms with Gasteiger partial charge in [-0.25, -0.2) is 10.4 Å².